The van der Waals surface area contributed by atoms with Crippen LogP contribution in [-0.2, 0) is 25.6 Å². The van der Waals surface area contributed by atoms with Gasteiger partial charge in [0, 0.05) is 12.0 Å². The van der Waals surface area contributed by atoms with Crippen molar-refractivity contribution in [3.8, 4) is 12.3 Å². The van der Waals surface area contributed by atoms with Gasteiger partial charge >= 0.3 is 18.0 Å². The van der Waals surface area contributed by atoms with E-state index in [1.54, 1.807) is 24.3 Å². The van der Waals surface area contributed by atoms with Crippen LogP contribution in [0.1, 0.15) is 119 Å². The summed E-state index contributed by atoms with van der Waals surface area (Å²) < 4.78 is 32.1. The summed E-state index contributed by atoms with van der Waals surface area (Å²) in [7, 11) is 0. The van der Waals surface area contributed by atoms with Gasteiger partial charge in [-0.15, -0.1) is 6.42 Å². The van der Waals surface area contributed by atoms with Crippen LogP contribution in [0.15, 0.2) is 30.6 Å². The summed E-state index contributed by atoms with van der Waals surface area (Å²) in [4.78, 5) is 36.9. The number of nitrogens with zero attached hydrogens (tertiary/aromatic N) is 4. The molecule has 260 valence electrons. The monoisotopic (exact) mass is 665 g/mol. The normalized spacial score (nSPS) is 19.0. The van der Waals surface area contributed by atoms with Crippen molar-refractivity contribution in [3.05, 3.63) is 47.8 Å². The Morgan fingerprint density at radius 1 is 1.04 bits per heavy atom. The Balaban J connectivity index is 1.19. The minimum Gasteiger partial charge on any atom is -0.461 e. The number of aromatic nitrogens is 4. The van der Waals surface area contributed by atoms with Crippen molar-refractivity contribution < 1.29 is 33.3 Å². The molecule has 12 heteroatoms. The summed E-state index contributed by atoms with van der Waals surface area (Å²) >= 11 is 0. The fourth-order valence-corrected chi connectivity index (χ4v) is 6.02. The van der Waals surface area contributed by atoms with Crippen LogP contribution in [0.5, 0.6) is 0 Å². The molecule has 3 heterocycles. The first-order valence-electron chi connectivity index (χ1n) is 17.2. The average molecular weight is 666 g/mol. The third kappa shape index (κ3) is 9.73. The maximum absolute atomic E-state index is 13.9. The maximum atomic E-state index is 13.9. The lowest BCUT2D eigenvalue weighted by Gasteiger charge is -2.27. The zero-order valence-corrected chi connectivity index (χ0v) is 27.9. The number of carbonyl (C=O) groups excluding carboxylic acids is 2. The van der Waals surface area contributed by atoms with E-state index in [1.807, 2.05) is 0 Å². The molecule has 0 amide bonds. The molecule has 3 atom stereocenters. The smallest absolute Gasteiger partial charge is 0.338 e. The largest absolute Gasteiger partial charge is 0.461 e. The number of nitrogens with two attached hydrogens (primary N) is 1. The molecule has 0 radical (unpaired) electrons. The number of hydrogen-bond acceptors (Lipinski definition) is 10. The Hall–Kier alpha value is -4.08. The Morgan fingerprint density at radius 3 is 2.35 bits per heavy atom. The van der Waals surface area contributed by atoms with Gasteiger partial charge in [-0.2, -0.15) is 14.4 Å². The van der Waals surface area contributed by atoms with Gasteiger partial charge in [-0.05, 0) is 12.5 Å². The highest BCUT2D eigenvalue weighted by molar-refractivity contribution is 5.91. The quantitative estimate of drug-likeness (QED) is 0.0615. The number of aliphatic hydroxyl groups excluding tert-OH is 1. The SMILES string of the molecule is C#C[C@]1(COC(=O)c2ccccc2COC(=O)CCCCCCCCCCCCCCC)OCC(n2cnc3c(N)nc(F)nc32)[C@@H]1O. The Kier molecular flexibility index (Phi) is 14.1. The van der Waals surface area contributed by atoms with Gasteiger partial charge < -0.3 is 29.6 Å². The van der Waals surface area contributed by atoms with E-state index in [2.05, 4.69) is 27.8 Å². The van der Waals surface area contributed by atoms with Crippen LogP contribution in [0, 0.1) is 18.4 Å². The molecule has 1 unspecified atom stereocenters. The van der Waals surface area contributed by atoms with E-state index in [4.69, 9.17) is 26.4 Å². The number of anilines is 1. The zero-order valence-electron chi connectivity index (χ0n) is 27.9. The number of hydrogen-bond donors (Lipinski definition) is 2. The van der Waals surface area contributed by atoms with E-state index < -0.39 is 36.4 Å². The number of benzene rings is 1. The number of halogens is 1. The summed E-state index contributed by atoms with van der Waals surface area (Å²) in [6.07, 6.45) is 20.9. The summed E-state index contributed by atoms with van der Waals surface area (Å²) in [5.41, 5.74) is 4.97. The van der Waals surface area contributed by atoms with Crippen LogP contribution in [0.25, 0.3) is 11.2 Å². The minimum absolute atomic E-state index is 0.0648. The molecule has 0 bridgehead atoms. The number of unbranched alkanes of at least 4 members (excludes halogenated alkanes) is 12. The minimum atomic E-state index is -1.69. The van der Waals surface area contributed by atoms with Gasteiger partial charge in [0.15, 0.2) is 17.1 Å². The number of fused-ring (bicyclic) bond motifs is 1. The summed E-state index contributed by atoms with van der Waals surface area (Å²) in [6.45, 7) is 1.60. The van der Waals surface area contributed by atoms with Gasteiger partial charge in [0.1, 0.15) is 24.8 Å². The highest BCUT2D eigenvalue weighted by Crippen LogP contribution is 2.36. The molecular weight excluding hydrogens is 617 g/mol. The van der Waals surface area contributed by atoms with Crippen molar-refractivity contribution in [1.82, 2.24) is 19.5 Å². The molecule has 3 aromatic rings. The van der Waals surface area contributed by atoms with Gasteiger partial charge in [0.05, 0.1) is 24.5 Å². The molecular formula is C36H48FN5O6. The maximum Gasteiger partial charge on any atom is 0.338 e. The second kappa shape index (κ2) is 18.5. The summed E-state index contributed by atoms with van der Waals surface area (Å²) in [6, 6.07) is 5.82. The lowest BCUT2D eigenvalue weighted by molar-refractivity contribution is -0.145. The topological polar surface area (TPSA) is 152 Å². The van der Waals surface area contributed by atoms with E-state index in [1.165, 1.54) is 75.1 Å². The third-order valence-electron chi connectivity index (χ3n) is 8.90. The van der Waals surface area contributed by atoms with Crippen LogP contribution >= 0.6 is 0 Å². The molecule has 48 heavy (non-hydrogen) atoms. The number of carbonyl (C=O) groups is 2. The van der Waals surface area contributed by atoms with Crippen LogP contribution in [0.2, 0.25) is 0 Å². The van der Waals surface area contributed by atoms with Crippen molar-refractivity contribution in [1.29, 1.82) is 0 Å². The van der Waals surface area contributed by atoms with Crippen LogP contribution in [0.3, 0.4) is 0 Å². The lowest BCUT2D eigenvalue weighted by Crippen LogP contribution is -2.45. The van der Waals surface area contributed by atoms with E-state index in [-0.39, 0.29) is 41.7 Å². The molecule has 4 rings (SSSR count). The molecule has 11 nitrogen and oxygen atoms in total. The molecule has 2 aromatic heterocycles. The highest BCUT2D eigenvalue weighted by atomic mass is 19.1. The van der Waals surface area contributed by atoms with E-state index in [0.717, 1.165) is 19.3 Å². The van der Waals surface area contributed by atoms with E-state index >= 15 is 0 Å². The summed E-state index contributed by atoms with van der Waals surface area (Å²) in [5.74, 6) is 1.23. The average Bonchev–Trinajstić information content (AvgIpc) is 3.65. The van der Waals surface area contributed by atoms with Crippen molar-refractivity contribution in [2.45, 2.75) is 121 Å². The van der Waals surface area contributed by atoms with Crippen LogP contribution in [0.4, 0.5) is 10.2 Å². The molecule has 1 aromatic carbocycles. The number of imidazole rings is 1. The number of nitrogen functional groups attached to an aromatic ring is 1. The molecule has 3 N–H and O–H groups in total. The Morgan fingerprint density at radius 2 is 1.69 bits per heavy atom. The van der Waals surface area contributed by atoms with Crippen molar-refractivity contribution in [2.75, 3.05) is 18.9 Å². The molecule has 1 aliphatic rings. The van der Waals surface area contributed by atoms with Crippen molar-refractivity contribution in [3.63, 3.8) is 0 Å². The second-order valence-electron chi connectivity index (χ2n) is 12.4. The molecule has 1 fully saturated rings. The van der Waals surface area contributed by atoms with E-state index in [9.17, 15) is 19.1 Å². The number of terminal acetylenes is 1. The Labute approximate surface area is 281 Å². The fourth-order valence-electron chi connectivity index (χ4n) is 6.02. The first-order valence-corrected chi connectivity index (χ1v) is 17.2. The Bertz CT molecular complexity index is 1540. The highest BCUT2D eigenvalue weighted by Gasteiger charge is 2.51. The van der Waals surface area contributed by atoms with Gasteiger partial charge in [0.2, 0.25) is 0 Å². The molecule has 0 saturated carbocycles. The molecule has 0 aliphatic carbocycles. The number of esters is 2. The molecule has 1 aliphatic heterocycles. The number of ether oxygens (including phenoxy) is 3. The van der Waals surface area contributed by atoms with Gasteiger partial charge in [-0.1, -0.05) is 108 Å². The van der Waals surface area contributed by atoms with Gasteiger partial charge in [0.25, 0.3) is 0 Å². The van der Waals surface area contributed by atoms with E-state index in [0.29, 0.717) is 12.0 Å². The second-order valence-corrected chi connectivity index (χ2v) is 12.4. The van der Waals surface area contributed by atoms with Crippen molar-refractivity contribution in [2.24, 2.45) is 0 Å². The van der Waals surface area contributed by atoms with Crippen LogP contribution < -0.4 is 5.73 Å². The molecule has 1 saturated heterocycles. The first-order chi connectivity index (χ1) is 23.3. The summed E-state index contributed by atoms with van der Waals surface area (Å²) in [5, 5.41) is 11.2. The predicted molar refractivity (Wildman–Crippen MR) is 179 cm³/mol. The van der Waals surface area contributed by atoms with Gasteiger partial charge in [-0.25, -0.2) is 9.78 Å². The lowest BCUT2D eigenvalue weighted by atomic mass is 9.96. The fraction of sp³-hybridized carbons (Fsp3) is 0.583. The number of aliphatic hydroxyl groups is 1. The first kappa shape index (κ1) is 36.8. The van der Waals surface area contributed by atoms with Crippen LogP contribution in [-0.4, -0.2) is 61.5 Å². The zero-order chi connectivity index (χ0) is 34.4. The predicted octanol–water partition coefficient (Wildman–Crippen LogP) is 6.23. The third-order valence-corrected chi connectivity index (χ3v) is 8.90. The van der Waals surface area contributed by atoms with Gasteiger partial charge in [-0.3, -0.25) is 4.79 Å². The standard InChI is InChI=1S/C36H48FN5O6/c1-3-5-6-7-8-9-10-11-12-13-14-15-16-21-29(43)46-22-26-19-17-18-20-27(26)34(45)47-24-36(4-2)31(44)28(23-48-36)42-25-39-30-32(38)40-35(37)41-33(30)42/h2,17-20,25,28,31,44H,3,5-16,21-24H2,1H3,(H2,38,40,41)/t28?,31-,36+/m0/s1. The number of rotatable bonds is 20. The van der Waals surface area contributed by atoms with Crippen molar-refractivity contribution >= 4 is 28.9 Å². The molecule has 0 spiro atoms.